The molecule has 4 bridgehead atoms. The van der Waals surface area contributed by atoms with Crippen LogP contribution in [0.25, 0.3) is 33.5 Å². The number of fused-ring (bicyclic) bond motifs is 1. The fourth-order valence-electron chi connectivity index (χ4n) is 8.17. The number of ether oxygens (including phenoxy) is 1. The average molecular weight is 539 g/mol. The van der Waals surface area contributed by atoms with Gasteiger partial charge in [-0.25, -0.2) is 9.97 Å². The summed E-state index contributed by atoms with van der Waals surface area (Å²) in [6.45, 7) is 2.10. The number of H-pyrrole nitrogens is 1. The lowest BCUT2D eigenvalue weighted by Crippen LogP contribution is -2.61. The van der Waals surface area contributed by atoms with Gasteiger partial charge in [-0.1, -0.05) is 6.07 Å². The third-order valence-electron chi connectivity index (χ3n) is 9.61. The number of carbonyl (C=O) groups is 1. The number of nitrogens with one attached hydrogen (secondary N) is 2. The van der Waals surface area contributed by atoms with E-state index in [2.05, 4.69) is 22.2 Å². The summed E-state index contributed by atoms with van der Waals surface area (Å²) in [7, 11) is 1.58. The predicted octanol–water partition coefficient (Wildman–Crippen LogP) is 5.46. The molecule has 4 N–H and O–H groups in total. The third-order valence-corrected chi connectivity index (χ3v) is 9.61. The number of pyridine rings is 1. The molecule has 2 aromatic carbocycles. The molecule has 0 aliphatic heterocycles. The van der Waals surface area contributed by atoms with Crippen molar-refractivity contribution >= 4 is 16.9 Å². The predicted molar refractivity (Wildman–Crippen MR) is 152 cm³/mol. The molecule has 4 aromatic rings. The minimum Gasteiger partial charge on any atom is -0.507 e. The van der Waals surface area contributed by atoms with Crippen LogP contribution < -0.4 is 10.1 Å². The molecule has 3 atom stereocenters. The smallest absolute Gasteiger partial charge is 0.251 e. The Bertz CT molecular complexity index is 1610. The monoisotopic (exact) mass is 538 g/mol. The number of phenolic OH excluding ortho intramolecular Hbond substituents is 1. The summed E-state index contributed by atoms with van der Waals surface area (Å²) in [6.07, 6.45) is 7.67. The average Bonchev–Trinajstić information content (AvgIpc) is 3.35. The highest BCUT2D eigenvalue weighted by molar-refractivity contribution is 5.98. The van der Waals surface area contributed by atoms with Crippen LogP contribution in [0.4, 0.5) is 0 Å². The van der Waals surface area contributed by atoms with E-state index in [1.807, 2.05) is 30.3 Å². The Kier molecular flexibility index (Phi) is 5.68. The molecule has 8 nitrogen and oxygen atoms in total. The Balaban J connectivity index is 1.14. The lowest BCUT2D eigenvalue weighted by molar-refractivity contribution is -0.171. The van der Waals surface area contributed by atoms with Crippen LogP contribution in [0.15, 0.2) is 54.7 Å². The first-order chi connectivity index (χ1) is 19.2. The van der Waals surface area contributed by atoms with Crippen molar-refractivity contribution in [2.24, 2.45) is 17.3 Å². The Labute approximate surface area is 232 Å². The molecule has 8 heteroatoms. The Morgan fingerprint density at radius 3 is 2.65 bits per heavy atom. The van der Waals surface area contributed by atoms with Gasteiger partial charge in [-0.15, -0.1) is 0 Å². The summed E-state index contributed by atoms with van der Waals surface area (Å²) in [6, 6.07) is 14.5. The first-order valence-electron chi connectivity index (χ1n) is 14.1. The van der Waals surface area contributed by atoms with Gasteiger partial charge in [0.2, 0.25) is 5.88 Å². The molecule has 4 fully saturated rings. The number of rotatable bonds is 6. The fourth-order valence-corrected chi connectivity index (χ4v) is 8.17. The molecule has 8 rings (SSSR count). The SMILES string of the molecule is COc1ncccc1-c1ccc(O)c(-c2nc3cc(C(=O)NC(C)C45CC6CC(CC(O)(C6)C4)C5)ccc3[nH]2)c1. The molecule has 0 spiro atoms. The lowest BCUT2D eigenvalue weighted by atomic mass is 9.46. The van der Waals surface area contributed by atoms with Gasteiger partial charge < -0.3 is 25.3 Å². The number of hydrogen-bond donors (Lipinski definition) is 4. The van der Waals surface area contributed by atoms with Gasteiger partial charge in [0.25, 0.3) is 5.91 Å². The lowest BCUT2D eigenvalue weighted by Gasteiger charge is -2.62. The van der Waals surface area contributed by atoms with Gasteiger partial charge in [0.15, 0.2) is 0 Å². The quantitative estimate of drug-likeness (QED) is 0.259. The number of hydrogen-bond acceptors (Lipinski definition) is 6. The molecule has 1 amide bonds. The van der Waals surface area contributed by atoms with Crippen molar-refractivity contribution in [1.29, 1.82) is 0 Å². The molecule has 206 valence electrons. The Morgan fingerprint density at radius 1 is 1.10 bits per heavy atom. The van der Waals surface area contributed by atoms with Gasteiger partial charge in [-0.2, -0.15) is 0 Å². The summed E-state index contributed by atoms with van der Waals surface area (Å²) in [4.78, 5) is 25.7. The van der Waals surface area contributed by atoms with Crippen LogP contribution in [-0.2, 0) is 0 Å². The minimum absolute atomic E-state index is 0.0213. The van der Waals surface area contributed by atoms with Crippen molar-refractivity contribution in [1.82, 2.24) is 20.3 Å². The van der Waals surface area contributed by atoms with E-state index in [-0.39, 0.29) is 23.1 Å². The normalized spacial score (nSPS) is 27.6. The topological polar surface area (TPSA) is 120 Å². The van der Waals surface area contributed by atoms with E-state index in [0.717, 1.165) is 48.7 Å². The Morgan fingerprint density at radius 2 is 1.90 bits per heavy atom. The zero-order valence-corrected chi connectivity index (χ0v) is 22.8. The maximum absolute atomic E-state index is 13.4. The van der Waals surface area contributed by atoms with Crippen molar-refractivity contribution < 1.29 is 19.7 Å². The molecular weight excluding hydrogens is 504 g/mol. The van der Waals surface area contributed by atoms with Crippen LogP contribution in [-0.4, -0.2) is 49.8 Å². The molecule has 4 aliphatic carbocycles. The van der Waals surface area contributed by atoms with E-state index in [1.165, 1.54) is 6.42 Å². The number of carbonyl (C=O) groups excluding carboxylic acids is 1. The van der Waals surface area contributed by atoms with Crippen molar-refractivity contribution in [3.63, 3.8) is 0 Å². The van der Waals surface area contributed by atoms with Gasteiger partial charge in [-0.05, 0) is 111 Å². The number of imidazole rings is 1. The largest absolute Gasteiger partial charge is 0.507 e. The van der Waals surface area contributed by atoms with Crippen LogP contribution >= 0.6 is 0 Å². The molecule has 4 aliphatic rings. The van der Waals surface area contributed by atoms with Crippen LogP contribution in [0.1, 0.15) is 55.8 Å². The van der Waals surface area contributed by atoms with Crippen molar-refractivity contribution in [2.75, 3.05) is 7.11 Å². The highest BCUT2D eigenvalue weighted by atomic mass is 16.5. The summed E-state index contributed by atoms with van der Waals surface area (Å²) in [5.74, 6) is 2.10. The Hall–Kier alpha value is -3.91. The van der Waals surface area contributed by atoms with E-state index >= 15 is 0 Å². The number of aliphatic hydroxyl groups is 1. The van der Waals surface area contributed by atoms with E-state index in [0.29, 0.717) is 40.2 Å². The van der Waals surface area contributed by atoms with E-state index < -0.39 is 5.60 Å². The fraction of sp³-hybridized carbons (Fsp3) is 0.406. The van der Waals surface area contributed by atoms with Crippen LogP contribution in [0, 0.1) is 17.3 Å². The second-order valence-electron chi connectivity index (χ2n) is 12.4. The standard InChI is InChI=1S/C32H34N4O4/c1-18(31-13-19-10-20(14-31)16-32(39,15-19)17-31)34-29(38)22-5-7-25-26(12-22)36-28(35-25)24-11-21(6-8-27(24)37)23-4-3-9-33-30(23)40-2/h3-9,11-12,18-20,37,39H,10,13-17H2,1-2H3,(H,34,38)(H,35,36). The maximum atomic E-state index is 13.4. The molecule has 4 saturated carbocycles. The summed E-state index contributed by atoms with van der Waals surface area (Å²) in [5.41, 5.74) is 3.55. The number of amides is 1. The maximum Gasteiger partial charge on any atom is 0.251 e. The van der Waals surface area contributed by atoms with Crippen LogP contribution in [0.3, 0.4) is 0 Å². The third kappa shape index (κ3) is 4.13. The molecule has 2 aromatic heterocycles. The van der Waals surface area contributed by atoms with Gasteiger partial charge in [0, 0.05) is 23.4 Å². The number of methoxy groups -OCH3 is 1. The first-order valence-corrected chi connectivity index (χ1v) is 14.1. The van der Waals surface area contributed by atoms with Gasteiger partial charge in [0.05, 0.1) is 29.3 Å². The second-order valence-corrected chi connectivity index (χ2v) is 12.4. The minimum atomic E-state index is -0.557. The number of nitrogens with zero attached hydrogens (tertiary/aromatic N) is 2. The molecular formula is C32H34N4O4. The highest BCUT2D eigenvalue weighted by Gasteiger charge is 2.59. The van der Waals surface area contributed by atoms with E-state index in [4.69, 9.17) is 9.72 Å². The molecule has 2 heterocycles. The zero-order chi connectivity index (χ0) is 27.6. The van der Waals surface area contributed by atoms with Gasteiger partial charge in [0.1, 0.15) is 11.6 Å². The summed E-state index contributed by atoms with van der Waals surface area (Å²) < 4.78 is 5.41. The van der Waals surface area contributed by atoms with Crippen LogP contribution in [0.5, 0.6) is 11.6 Å². The zero-order valence-electron chi connectivity index (χ0n) is 22.8. The second kappa shape index (κ2) is 9.06. The summed E-state index contributed by atoms with van der Waals surface area (Å²) in [5, 5.41) is 25.1. The number of phenols is 1. The van der Waals surface area contributed by atoms with Crippen LogP contribution in [0.2, 0.25) is 0 Å². The van der Waals surface area contributed by atoms with E-state index in [1.54, 1.807) is 31.5 Å². The summed E-state index contributed by atoms with van der Waals surface area (Å²) >= 11 is 0. The molecule has 40 heavy (non-hydrogen) atoms. The number of aromatic hydroxyl groups is 1. The van der Waals surface area contributed by atoms with Gasteiger partial charge >= 0.3 is 0 Å². The number of aromatic nitrogens is 3. The van der Waals surface area contributed by atoms with Crippen molar-refractivity contribution in [2.45, 2.75) is 57.1 Å². The van der Waals surface area contributed by atoms with Crippen molar-refractivity contribution in [3.8, 4) is 34.1 Å². The highest BCUT2D eigenvalue weighted by Crippen LogP contribution is 2.62. The molecule has 0 radical (unpaired) electrons. The number of aromatic amines is 1. The molecule has 0 saturated heterocycles. The molecule has 3 unspecified atom stereocenters. The van der Waals surface area contributed by atoms with E-state index in [9.17, 15) is 15.0 Å². The number of benzene rings is 2. The first kappa shape index (κ1) is 25.1. The van der Waals surface area contributed by atoms with Gasteiger partial charge in [-0.3, -0.25) is 4.79 Å². The van der Waals surface area contributed by atoms with Crippen molar-refractivity contribution in [3.05, 3.63) is 60.3 Å².